The molecule has 88 valence electrons. The van der Waals surface area contributed by atoms with Crippen LogP contribution in [0.3, 0.4) is 0 Å². The quantitative estimate of drug-likeness (QED) is 0.868. The van der Waals surface area contributed by atoms with Crippen molar-refractivity contribution in [2.45, 2.75) is 31.6 Å². The molecule has 5 heteroatoms. The molecule has 3 rings (SSSR count). The Balaban J connectivity index is 2.04. The Morgan fingerprint density at radius 3 is 3.06 bits per heavy atom. The van der Waals surface area contributed by atoms with Gasteiger partial charge in [-0.2, -0.15) is 5.10 Å². The molecule has 0 aromatic carbocycles. The fourth-order valence-electron chi connectivity index (χ4n) is 2.11. The van der Waals surface area contributed by atoms with Crippen LogP contribution < -0.4 is 0 Å². The molecule has 1 aliphatic rings. The number of carbonyl (C=O) groups is 1. The Morgan fingerprint density at radius 2 is 2.35 bits per heavy atom. The number of aryl methyl sites for hydroxylation is 1. The lowest BCUT2D eigenvalue weighted by molar-refractivity contribution is -0.136. The standard InChI is InChI=1S/C12H13N3O2/c16-10(17)5-4-9-11(8-2-3-8)14-15-7-1-6-13-12(9)15/h1,6-8H,2-5H2,(H,16,17). The fraction of sp³-hybridized carbons (Fsp3) is 0.417. The summed E-state index contributed by atoms with van der Waals surface area (Å²) in [5, 5.41) is 13.3. The first kappa shape index (κ1) is 10.3. The van der Waals surface area contributed by atoms with Crippen molar-refractivity contribution in [1.82, 2.24) is 14.6 Å². The molecule has 0 bridgehead atoms. The summed E-state index contributed by atoms with van der Waals surface area (Å²) in [4.78, 5) is 15.0. The van der Waals surface area contributed by atoms with E-state index in [2.05, 4.69) is 10.1 Å². The van der Waals surface area contributed by atoms with Gasteiger partial charge in [-0.05, 0) is 25.3 Å². The Morgan fingerprint density at radius 1 is 1.53 bits per heavy atom. The average molecular weight is 231 g/mol. The monoisotopic (exact) mass is 231 g/mol. The van der Waals surface area contributed by atoms with E-state index >= 15 is 0 Å². The molecule has 2 aromatic heterocycles. The van der Waals surface area contributed by atoms with E-state index in [0.29, 0.717) is 12.3 Å². The van der Waals surface area contributed by atoms with Gasteiger partial charge in [-0.1, -0.05) is 0 Å². The highest BCUT2D eigenvalue weighted by Crippen LogP contribution is 2.41. The van der Waals surface area contributed by atoms with Crippen molar-refractivity contribution in [2.75, 3.05) is 0 Å². The maximum atomic E-state index is 10.7. The lowest BCUT2D eigenvalue weighted by atomic mass is 10.1. The summed E-state index contributed by atoms with van der Waals surface area (Å²) in [7, 11) is 0. The van der Waals surface area contributed by atoms with Gasteiger partial charge in [0.1, 0.15) is 0 Å². The van der Waals surface area contributed by atoms with E-state index in [0.717, 1.165) is 29.7 Å². The number of aromatic nitrogens is 3. The second-order valence-electron chi connectivity index (χ2n) is 4.42. The zero-order valence-corrected chi connectivity index (χ0v) is 9.33. The average Bonchev–Trinajstić information content (AvgIpc) is 3.08. The van der Waals surface area contributed by atoms with Gasteiger partial charge in [0.05, 0.1) is 5.69 Å². The van der Waals surface area contributed by atoms with Crippen LogP contribution in [0.2, 0.25) is 0 Å². The first-order valence-electron chi connectivity index (χ1n) is 5.79. The molecule has 1 saturated carbocycles. The van der Waals surface area contributed by atoms with Gasteiger partial charge < -0.3 is 5.11 Å². The zero-order chi connectivity index (χ0) is 11.8. The number of rotatable bonds is 4. The number of fused-ring (bicyclic) bond motifs is 1. The number of carboxylic acid groups (broad SMARTS) is 1. The molecule has 5 nitrogen and oxygen atoms in total. The largest absolute Gasteiger partial charge is 0.481 e. The van der Waals surface area contributed by atoms with Crippen LogP contribution in [-0.4, -0.2) is 25.7 Å². The van der Waals surface area contributed by atoms with Gasteiger partial charge in [0.2, 0.25) is 0 Å². The van der Waals surface area contributed by atoms with Crippen molar-refractivity contribution < 1.29 is 9.90 Å². The molecule has 0 radical (unpaired) electrons. The van der Waals surface area contributed by atoms with Crippen LogP contribution in [0, 0.1) is 0 Å². The van der Waals surface area contributed by atoms with Gasteiger partial charge in [-0.15, -0.1) is 0 Å². The second-order valence-corrected chi connectivity index (χ2v) is 4.42. The van der Waals surface area contributed by atoms with Crippen LogP contribution in [0.25, 0.3) is 5.65 Å². The van der Waals surface area contributed by atoms with E-state index in [4.69, 9.17) is 5.11 Å². The number of nitrogens with zero attached hydrogens (tertiary/aromatic N) is 3. The summed E-state index contributed by atoms with van der Waals surface area (Å²) < 4.78 is 1.75. The van der Waals surface area contributed by atoms with Gasteiger partial charge in [0.25, 0.3) is 0 Å². The van der Waals surface area contributed by atoms with Crippen LogP contribution >= 0.6 is 0 Å². The van der Waals surface area contributed by atoms with Crippen LogP contribution in [0.1, 0.15) is 36.4 Å². The number of hydrogen-bond donors (Lipinski definition) is 1. The summed E-state index contributed by atoms with van der Waals surface area (Å²) in [5.41, 5.74) is 2.86. The van der Waals surface area contributed by atoms with E-state index in [-0.39, 0.29) is 6.42 Å². The van der Waals surface area contributed by atoms with Gasteiger partial charge in [-0.3, -0.25) is 4.79 Å². The molecule has 0 aliphatic heterocycles. The number of carboxylic acids is 1. The second kappa shape index (κ2) is 3.84. The summed E-state index contributed by atoms with van der Waals surface area (Å²) in [5.74, 6) is -0.262. The molecule has 1 aliphatic carbocycles. The van der Waals surface area contributed by atoms with Gasteiger partial charge >= 0.3 is 5.97 Å². The molecule has 2 aromatic rings. The van der Waals surface area contributed by atoms with Crippen molar-refractivity contribution in [3.05, 3.63) is 29.7 Å². The molecule has 2 heterocycles. The molecule has 17 heavy (non-hydrogen) atoms. The zero-order valence-electron chi connectivity index (χ0n) is 9.33. The third kappa shape index (κ3) is 1.88. The lowest BCUT2D eigenvalue weighted by Crippen LogP contribution is -1.99. The molecule has 0 atom stereocenters. The predicted molar refractivity (Wildman–Crippen MR) is 60.9 cm³/mol. The number of aliphatic carboxylic acids is 1. The molecule has 0 spiro atoms. The minimum atomic E-state index is -0.776. The fourth-order valence-corrected chi connectivity index (χ4v) is 2.11. The van der Waals surface area contributed by atoms with Gasteiger partial charge in [-0.25, -0.2) is 9.50 Å². The summed E-state index contributed by atoms with van der Waals surface area (Å²) in [6.45, 7) is 0. The third-order valence-corrected chi connectivity index (χ3v) is 3.07. The molecule has 0 saturated heterocycles. The summed E-state index contributed by atoms with van der Waals surface area (Å²) >= 11 is 0. The van der Waals surface area contributed by atoms with Crippen molar-refractivity contribution in [1.29, 1.82) is 0 Å². The van der Waals surface area contributed by atoms with Crippen molar-refractivity contribution >= 4 is 11.6 Å². The normalized spacial score (nSPS) is 15.3. The molecule has 1 fully saturated rings. The Hall–Kier alpha value is -1.91. The third-order valence-electron chi connectivity index (χ3n) is 3.07. The van der Waals surface area contributed by atoms with Crippen molar-refractivity contribution in [2.24, 2.45) is 0 Å². The predicted octanol–water partition coefficient (Wildman–Crippen LogP) is 1.62. The van der Waals surface area contributed by atoms with Crippen molar-refractivity contribution in [3.63, 3.8) is 0 Å². The first-order chi connectivity index (χ1) is 8.25. The Labute approximate surface area is 98.1 Å². The molecule has 1 N–H and O–H groups in total. The number of hydrogen-bond acceptors (Lipinski definition) is 3. The van der Waals surface area contributed by atoms with E-state index in [1.807, 2.05) is 12.3 Å². The Bertz CT molecular complexity index is 572. The van der Waals surface area contributed by atoms with Gasteiger partial charge in [0.15, 0.2) is 5.65 Å². The molecular formula is C12H13N3O2. The summed E-state index contributed by atoms with van der Waals surface area (Å²) in [6.07, 6.45) is 6.55. The topological polar surface area (TPSA) is 67.5 Å². The molecule has 0 amide bonds. The van der Waals surface area contributed by atoms with E-state index in [1.165, 1.54) is 0 Å². The summed E-state index contributed by atoms with van der Waals surface area (Å²) in [6, 6.07) is 1.83. The highest BCUT2D eigenvalue weighted by Gasteiger charge is 2.30. The van der Waals surface area contributed by atoms with E-state index in [1.54, 1.807) is 10.7 Å². The van der Waals surface area contributed by atoms with Crippen LogP contribution in [0.4, 0.5) is 0 Å². The first-order valence-corrected chi connectivity index (χ1v) is 5.79. The van der Waals surface area contributed by atoms with E-state index < -0.39 is 5.97 Å². The molecular weight excluding hydrogens is 218 g/mol. The highest BCUT2D eigenvalue weighted by atomic mass is 16.4. The lowest BCUT2D eigenvalue weighted by Gasteiger charge is -1.98. The Kier molecular flexibility index (Phi) is 2.31. The van der Waals surface area contributed by atoms with Crippen LogP contribution in [0.15, 0.2) is 18.5 Å². The van der Waals surface area contributed by atoms with E-state index in [9.17, 15) is 4.79 Å². The molecule has 0 unspecified atom stereocenters. The van der Waals surface area contributed by atoms with Crippen LogP contribution in [0.5, 0.6) is 0 Å². The minimum Gasteiger partial charge on any atom is -0.481 e. The smallest absolute Gasteiger partial charge is 0.303 e. The maximum Gasteiger partial charge on any atom is 0.303 e. The minimum absolute atomic E-state index is 0.137. The van der Waals surface area contributed by atoms with Gasteiger partial charge in [0, 0.05) is 30.3 Å². The highest BCUT2D eigenvalue weighted by molar-refractivity contribution is 5.68. The van der Waals surface area contributed by atoms with Crippen LogP contribution in [-0.2, 0) is 11.2 Å². The van der Waals surface area contributed by atoms with Crippen molar-refractivity contribution in [3.8, 4) is 0 Å². The maximum absolute atomic E-state index is 10.7. The SMILES string of the molecule is O=C(O)CCc1c(C2CC2)nn2cccnc12.